The monoisotopic (exact) mass is 231 g/mol. The molecule has 5 heteroatoms. The quantitative estimate of drug-likeness (QED) is 0.792. The van der Waals surface area contributed by atoms with Crippen LogP contribution in [-0.4, -0.2) is 26.1 Å². The van der Waals surface area contributed by atoms with Gasteiger partial charge in [-0.25, -0.2) is 9.97 Å². The van der Waals surface area contributed by atoms with Crippen molar-refractivity contribution in [3.63, 3.8) is 0 Å². The molecular formula is C12H17N5. The Hall–Kier alpha value is -1.75. The Morgan fingerprint density at radius 2 is 2.24 bits per heavy atom. The van der Waals surface area contributed by atoms with Crippen LogP contribution in [0.25, 0.3) is 5.82 Å². The number of aromatic nitrogens is 4. The molecule has 0 unspecified atom stereocenters. The SMILES string of the molecule is CCCNCc1cncc(-n2ccnc2C)n1. The van der Waals surface area contributed by atoms with Gasteiger partial charge in [-0.2, -0.15) is 0 Å². The zero-order valence-corrected chi connectivity index (χ0v) is 10.2. The molecule has 5 nitrogen and oxygen atoms in total. The summed E-state index contributed by atoms with van der Waals surface area (Å²) in [5.41, 5.74) is 0.948. The van der Waals surface area contributed by atoms with Gasteiger partial charge in [0.05, 0.1) is 11.9 Å². The Morgan fingerprint density at radius 1 is 1.35 bits per heavy atom. The average molecular weight is 231 g/mol. The Morgan fingerprint density at radius 3 is 2.94 bits per heavy atom. The van der Waals surface area contributed by atoms with E-state index in [2.05, 4.69) is 27.2 Å². The van der Waals surface area contributed by atoms with Crippen LogP contribution in [0, 0.1) is 6.92 Å². The third kappa shape index (κ3) is 2.88. The molecule has 0 amide bonds. The van der Waals surface area contributed by atoms with E-state index in [1.54, 1.807) is 18.6 Å². The Labute approximate surface area is 101 Å². The molecule has 90 valence electrons. The number of aryl methyl sites for hydroxylation is 1. The lowest BCUT2D eigenvalue weighted by Crippen LogP contribution is -2.15. The summed E-state index contributed by atoms with van der Waals surface area (Å²) >= 11 is 0. The predicted molar refractivity (Wildman–Crippen MR) is 65.9 cm³/mol. The number of imidazole rings is 1. The molecule has 1 N–H and O–H groups in total. The van der Waals surface area contributed by atoms with Crippen molar-refractivity contribution in [1.82, 2.24) is 24.8 Å². The average Bonchev–Trinajstić information content (AvgIpc) is 2.76. The minimum absolute atomic E-state index is 0.752. The number of rotatable bonds is 5. The van der Waals surface area contributed by atoms with Gasteiger partial charge in [-0.3, -0.25) is 9.55 Å². The lowest BCUT2D eigenvalue weighted by Gasteiger charge is -2.06. The van der Waals surface area contributed by atoms with Crippen LogP contribution in [0.1, 0.15) is 24.9 Å². The van der Waals surface area contributed by atoms with Crippen LogP contribution < -0.4 is 5.32 Å². The maximum absolute atomic E-state index is 4.55. The number of hydrogen-bond donors (Lipinski definition) is 1. The number of hydrogen-bond acceptors (Lipinski definition) is 4. The van der Waals surface area contributed by atoms with Gasteiger partial charge >= 0.3 is 0 Å². The lowest BCUT2D eigenvalue weighted by atomic mass is 10.4. The second-order valence-electron chi connectivity index (χ2n) is 3.89. The van der Waals surface area contributed by atoms with Crippen molar-refractivity contribution < 1.29 is 0 Å². The van der Waals surface area contributed by atoms with Crippen molar-refractivity contribution in [3.05, 3.63) is 36.3 Å². The van der Waals surface area contributed by atoms with E-state index >= 15 is 0 Å². The number of nitrogens with zero attached hydrogens (tertiary/aromatic N) is 4. The Balaban J connectivity index is 2.14. The second kappa shape index (κ2) is 5.54. The highest BCUT2D eigenvalue weighted by Gasteiger charge is 2.03. The topological polar surface area (TPSA) is 55.6 Å². The summed E-state index contributed by atoms with van der Waals surface area (Å²) in [6, 6.07) is 0. The molecule has 0 atom stereocenters. The molecule has 2 heterocycles. The Bertz CT molecular complexity index is 477. The first-order valence-electron chi connectivity index (χ1n) is 5.83. The molecule has 0 saturated carbocycles. The van der Waals surface area contributed by atoms with Crippen molar-refractivity contribution >= 4 is 0 Å². The van der Waals surface area contributed by atoms with Gasteiger partial charge in [-0.15, -0.1) is 0 Å². The third-order valence-electron chi connectivity index (χ3n) is 2.48. The number of nitrogens with one attached hydrogen (secondary N) is 1. The van der Waals surface area contributed by atoms with E-state index in [0.29, 0.717) is 0 Å². The first-order chi connectivity index (χ1) is 8.31. The molecule has 0 aliphatic heterocycles. The first-order valence-corrected chi connectivity index (χ1v) is 5.83. The van der Waals surface area contributed by atoms with Crippen molar-refractivity contribution in [2.45, 2.75) is 26.8 Å². The molecule has 2 rings (SSSR count). The van der Waals surface area contributed by atoms with Crippen LogP contribution in [0.3, 0.4) is 0 Å². The zero-order valence-electron chi connectivity index (χ0n) is 10.2. The maximum Gasteiger partial charge on any atom is 0.156 e. The van der Waals surface area contributed by atoms with E-state index < -0.39 is 0 Å². The lowest BCUT2D eigenvalue weighted by molar-refractivity contribution is 0.660. The van der Waals surface area contributed by atoms with Gasteiger partial charge in [0.2, 0.25) is 0 Å². The summed E-state index contributed by atoms with van der Waals surface area (Å²) < 4.78 is 1.93. The van der Waals surface area contributed by atoms with E-state index in [9.17, 15) is 0 Å². The fourth-order valence-electron chi connectivity index (χ4n) is 1.61. The van der Waals surface area contributed by atoms with E-state index in [4.69, 9.17) is 0 Å². The van der Waals surface area contributed by atoms with Crippen molar-refractivity contribution in [1.29, 1.82) is 0 Å². The maximum atomic E-state index is 4.55. The summed E-state index contributed by atoms with van der Waals surface area (Å²) in [5, 5.41) is 3.31. The van der Waals surface area contributed by atoms with E-state index in [1.165, 1.54) is 0 Å². The summed E-state index contributed by atoms with van der Waals surface area (Å²) in [4.78, 5) is 12.9. The normalized spacial score (nSPS) is 10.7. The van der Waals surface area contributed by atoms with Gasteiger partial charge in [0.15, 0.2) is 5.82 Å². The second-order valence-corrected chi connectivity index (χ2v) is 3.89. The molecular weight excluding hydrogens is 214 g/mol. The van der Waals surface area contributed by atoms with E-state index in [-0.39, 0.29) is 0 Å². The van der Waals surface area contributed by atoms with Crippen LogP contribution in [0.4, 0.5) is 0 Å². The van der Waals surface area contributed by atoms with Gasteiger partial charge in [0, 0.05) is 25.1 Å². The molecule has 2 aromatic heterocycles. The largest absolute Gasteiger partial charge is 0.311 e. The van der Waals surface area contributed by atoms with Crippen LogP contribution >= 0.6 is 0 Å². The van der Waals surface area contributed by atoms with Gasteiger partial charge < -0.3 is 5.32 Å². The molecule has 0 aromatic carbocycles. The molecule has 0 aliphatic rings. The highest BCUT2D eigenvalue weighted by Crippen LogP contribution is 2.06. The van der Waals surface area contributed by atoms with Crippen molar-refractivity contribution in [3.8, 4) is 5.82 Å². The third-order valence-corrected chi connectivity index (χ3v) is 2.48. The first kappa shape index (κ1) is 11.7. The van der Waals surface area contributed by atoms with Crippen LogP contribution in [0.5, 0.6) is 0 Å². The highest BCUT2D eigenvalue weighted by atomic mass is 15.1. The van der Waals surface area contributed by atoms with Gasteiger partial charge in [0.25, 0.3) is 0 Å². The summed E-state index contributed by atoms with van der Waals surface area (Å²) in [6.45, 7) is 5.84. The molecule has 17 heavy (non-hydrogen) atoms. The molecule has 0 radical (unpaired) electrons. The summed E-state index contributed by atoms with van der Waals surface area (Å²) in [7, 11) is 0. The van der Waals surface area contributed by atoms with E-state index in [1.807, 2.05) is 17.7 Å². The van der Waals surface area contributed by atoms with Gasteiger partial charge in [0.1, 0.15) is 5.82 Å². The van der Waals surface area contributed by atoms with Crippen LogP contribution in [0.15, 0.2) is 24.8 Å². The molecule has 0 aliphatic carbocycles. The molecule has 0 fully saturated rings. The van der Waals surface area contributed by atoms with Crippen molar-refractivity contribution in [2.24, 2.45) is 0 Å². The highest BCUT2D eigenvalue weighted by molar-refractivity contribution is 5.22. The van der Waals surface area contributed by atoms with Crippen LogP contribution in [-0.2, 0) is 6.54 Å². The summed E-state index contributed by atoms with van der Waals surface area (Å²) in [6.07, 6.45) is 8.31. The summed E-state index contributed by atoms with van der Waals surface area (Å²) in [5.74, 6) is 1.73. The minimum atomic E-state index is 0.752. The van der Waals surface area contributed by atoms with E-state index in [0.717, 1.165) is 36.8 Å². The predicted octanol–water partition coefficient (Wildman–Crippen LogP) is 1.47. The van der Waals surface area contributed by atoms with Gasteiger partial charge in [-0.1, -0.05) is 6.92 Å². The molecule has 0 spiro atoms. The smallest absolute Gasteiger partial charge is 0.156 e. The van der Waals surface area contributed by atoms with Crippen molar-refractivity contribution in [2.75, 3.05) is 6.54 Å². The van der Waals surface area contributed by atoms with Crippen LogP contribution in [0.2, 0.25) is 0 Å². The van der Waals surface area contributed by atoms with Gasteiger partial charge in [-0.05, 0) is 19.9 Å². The fraction of sp³-hybridized carbons (Fsp3) is 0.417. The Kier molecular flexibility index (Phi) is 3.82. The molecule has 0 bridgehead atoms. The molecule has 2 aromatic rings. The molecule has 0 saturated heterocycles. The fourth-order valence-corrected chi connectivity index (χ4v) is 1.61. The standard InChI is InChI=1S/C12H17N5/c1-3-4-13-7-11-8-14-9-12(16-11)17-6-5-15-10(17)2/h5-6,8-9,13H,3-4,7H2,1-2H3. The zero-order chi connectivity index (χ0) is 12.1. The minimum Gasteiger partial charge on any atom is -0.311 e.